The van der Waals surface area contributed by atoms with Crippen LogP contribution in [0.25, 0.3) is 0 Å². The molecule has 0 saturated heterocycles. The van der Waals surface area contributed by atoms with E-state index >= 15 is 0 Å². The number of thiazole rings is 1. The third-order valence-electron chi connectivity index (χ3n) is 3.03. The minimum absolute atomic E-state index is 0.0416. The van der Waals surface area contributed by atoms with Gasteiger partial charge in [-0.25, -0.2) is 4.79 Å². The van der Waals surface area contributed by atoms with Gasteiger partial charge < -0.3 is 14.8 Å². The predicted molar refractivity (Wildman–Crippen MR) is 88.2 cm³/mol. The van der Waals surface area contributed by atoms with E-state index in [2.05, 4.69) is 10.3 Å². The lowest BCUT2D eigenvalue weighted by Crippen LogP contribution is -2.11. The molecule has 0 aliphatic carbocycles. The molecule has 1 amide bonds. The van der Waals surface area contributed by atoms with Crippen LogP contribution in [0, 0.1) is 0 Å². The van der Waals surface area contributed by atoms with E-state index in [1.165, 1.54) is 25.1 Å². The summed E-state index contributed by atoms with van der Waals surface area (Å²) in [4.78, 5) is 27.0. The summed E-state index contributed by atoms with van der Waals surface area (Å²) in [6.45, 7) is 2.51. The van der Waals surface area contributed by atoms with Crippen molar-refractivity contribution in [3.63, 3.8) is 0 Å². The van der Waals surface area contributed by atoms with Gasteiger partial charge in [-0.05, 0) is 13.0 Å². The largest absolute Gasteiger partial charge is 0.472 e. The number of amides is 1. The molecular weight excluding hydrogens is 373 g/mol. The van der Waals surface area contributed by atoms with Gasteiger partial charge in [-0.1, -0.05) is 29.5 Å². The van der Waals surface area contributed by atoms with Crippen molar-refractivity contribution in [2.45, 2.75) is 26.6 Å². The van der Waals surface area contributed by atoms with Crippen molar-refractivity contribution in [3.8, 4) is 5.88 Å². The lowest BCUT2D eigenvalue weighted by Gasteiger charge is -2.13. The van der Waals surface area contributed by atoms with E-state index in [0.29, 0.717) is 0 Å². The van der Waals surface area contributed by atoms with Gasteiger partial charge in [0.1, 0.15) is 6.61 Å². The summed E-state index contributed by atoms with van der Waals surface area (Å²) in [5.41, 5.74) is -0.945. The second-order valence-electron chi connectivity index (χ2n) is 5.00. The van der Waals surface area contributed by atoms with Gasteiger partial charge in [0.15, 0.2) is 10.0 Å². The molecule has 1 N–H and O–H groups in total. The minimum atomic E-state index is -4.53. The number of ether oxygens (including phenoxy) is 2. The summed E-state index contributed by atoms with van der Waals surface area (Å²) in [5, 5.41) is 2.48. The molecule has 26 heavy (non-hydrogen) atoms. The fourth-order valence-corrected chi connectivity index (χ4v) is 2.85. The highest BCUT2D eigenvalue weighted by molar-refractivity contribution is 7.17. The Hall–Kier alpha value is -2.62. The van der Waals surface area contributed by atoms with E-state index in [-0.39, 0.29) is 28.1 Å². The molecule has 2 rings (SSSR count). The van der Waals surface area contributed by atoms with Crippen LogP contribution in [0.1, 0.15) is 34.6 Å². The second-order valence-corrected chi connectivity index (χ2v) is 6.00. The number of rotatable bonds is 6. The smallest absolute Gasteiger partial charge is 0.416 e. The van der Waals surface area contributed by atoms with Crippen LogP contribution >= 0.6 is 11.3 Å². The van der Waals surface area contributed by atoms with Crippen molar-refractivity contribution in [3.05, 3.63) is 40.3 Å². The maximum Gasteiger partial charge on any atom is 0.416 e. The van der Waals surface area contributed by atoms with Crippen molar-refractivity contribution in [2.24, 2.45) is 0 Å². The van der Waals surface area contributed by atoms with Gasteiger partial charge >= 0.3 is 12.1 Å². The van der Waals surface area contributed by atoms with Gasteiger partial charge in [-0.3, -0.25) is 4.79 Å². The maximum atomic E-state index is 13.0. The Morgan fingerprint density at radius 2 is 1.96 bits per heavy atom. The summed E-state index contributed by atoms with van der Waals surface area (Å²) in [5.74, 6) is -1.35. The zero-order chi connectivity index (χ0) is 19.3. The molecule has 0 unspecified atom stereocenters. The number of nitrogens with one attached hydrogen (secondary N) is 1. The Bertz CT molecular complexity index is 805. The third-order valence-corrected chi connectivity index (χ3v) is 3.96. The van der Waals surface area contributed by atoms with E-state index in [4.69, 9.17) is 9.47 Å². The lowest BCUT2D eigenvalue weighted by atomic mass is 10.1. The van der Waals surface area contributed by atoms with Crippen molar-refractivity contribution in [1.29, 1.82) is 0 Å². The molecular formula is C16H15F3N2O4S. The highest BCUT2D eigenvalue weighted by Gasteiger charge is 2.33. The molecule has 1 aromatic heterocycles. The van der Waals surface area contributed by atoms with E-state index in [1.54, 1.807) is 6.92 Å². The number of hydrogen-bond acceptors (Lipinski definition) is 6. The number of benzene rings is 1. The molecule has 6 nitrogen and oxygen atoms in total. The van der Waals surface area contributed by atoms with E-state index < -0.39 is 30.2 Å². The summed E-state index contributed by atoms with van der Waals surface area (Å²) in [6, 6.07) is 4.93. The van der Waals surface area contributed by atoms with Crippen LogP contribution in [0.15, 0.2) is 24.3 Å². The average molecular weight is 388 g/mol. The number of anilines is 1. The van der Waals surface area contributed by atoms with E-state index in [0.717, 1.165) is 17.4 Å². The Labute approximate surface area is 150 Å². The number of aromatic nitrogens is 1. The van der Waals surface area contributed by atoms with Crippen molar-refractivity contribution in [1.82, 2.24) is 4.98 Å². The van der Waals surface area contributed by atoms with Crippen LogP contribution in [-0.2, 0) is 22.3 Å². The molecule has 1 aromatic carbocycles. The van der Waals surface area contributed by atoms with Gasteiger partial charge in [-0.15, -0.1) is 0 Å². The van der Waals surface area contributed by atoms with Crippen LogP contribution in [0.2, 0.25) is 0 Å². The molecule has 1 heterocycles. The van der Waals surface area contributed by atoms with E-state index in [9.17, 15) is 22.8 Å². The monoisotopic (exact) mass is 388 g/mol. The van der Waals surface area contributed by atoms with Crippen LogP contribution in [0.5, 0.6) is 5.88 Å². The Kier molecular flexibility index (Phi) is 6.19. The molecule has 0 radical (unpaired) electrons. The zero-order valence-corrected chi connectivity index (χ0v) is 14.7. The number of nitrogens with zero attached hydrogens (tertiary/aromatic N) is 1. The van der Waals surface area contributed by atoms with Gasteiger partial charge in [0.05, 0.1) is 12.2 Å². The highest BCUT2D eigenvalue weighted by Crippen LogP contribution is 2.34. The Morgan fingerprint density at radius 3 is 2.58 bits per heavy atom. The highest BCUT2D eigenvalue weighted by atomic mass is 32.1. The molecule has 2 aromatic rings. The zero-order valence-electron chi connectivity index (χ0n) is 13.8. The second kappa shape index (κ2) is 8.17. The van der Waals surface area contributed by atoms with Crippen molar-refractivity contribution < 1.29 is 32.2 Å². The summed E-state index contributed by atoms with van der Waals surface area (Å²) in [7, 11) is 0. The Balaban J connectivity index is 2.27. The number of carbonyl (C=O) groups excluding carboxylic acids is 2. The van der Waals surface area contributed by atoms with Gasteiger partial charge in [0, 0.05) is 12.5 Å². The molecule has 0 atom stereocenters. The van der Waals surface area contributed by atoms with Crippen LogP contribution in [0.4, 0.5) is 18.3 Å². The number of alkyl halides is 3. The van der Waals surface area contributed by atoms with Crippen LogP contribution < -0.4 is 10.1 Å². The number of carbonyl (C=O) groups is 2. The van der Waals surface area contributed by atoms with Gasteiger partial charge in [0.25, 0.3) is 0 Å². The first-order chi connectivity index (χ1) is 12.2. The SMILES string of the molecule is CCOC(=O)c1sc(NC(C)=O)nc1OCc1ccccc1C(F)(F)F. The number of halogens is 3. The quantitative estimate of drug-likeness (QED) is 0.760. The molecule has 10 heteroatoms. The lowest BCUT2D eigenvalue weighted by molar-refractivity contribution is -0.138. The molecule has 0 fully saturated rings. The summed E-state index contributed by atoms with van der Waals surface area (Å²) >= 11 is 0.816. The summed E-state index contributed by atoms with van der Waals surface area (Å²) in [6.07, 6.45) is -4.53. The number of esters is 1. The molecule has 0 bridgehead atoms. The fraction of sp³-hybridized carbons (Fsp3) is 0.312. The van der Waals surface area contributed by atoms with E-state index in [1.807, 2.05) is 0 Å². The van der Waals surface area contributed by atoms with Crippen molar-refractivity contribution in [2.75, 3.05) is 11.9 Å². The molecule has 140 valence electrons. The molecule has 0 saturated carbocycles. The van der Waals surface area contributed by atoms with Gasteiger partial charge in [-0.2, -0.15) is 18.2 Å². The standard InChI is InChI=1S/C16H15F3N2O4S/c1-3-24-14(23)12-13(21-15(26-12)20-9(2)22)25-8-10-6-4-5-7-11(10)16(17,18)19/h4-7H,3,8H2,1-2H3,(H,20,21,22). The van der Waals surface area contributed by atoms with Gasteiger partial charge in [0.2, 0.25) is 11.8 Å². The minimum Gasteiger partial charge on any atom is -0.472 e. The van der Waals surface area contributed by atoms with Crippen LogP contribution in [0.3, 0.4) is 0 Å². The topological polar surface area (TPSA) is 77.5 Å². The average Bonchev–Trinajstić information content (AvgIpc) is 2.94. The molecule has 0 spiro atoms. The first-order valence-electron chi connectivity index (χ1n) is 7.45. The first kappa shape index (κ1) is 19.7. The predicted octanol–water partition coefficient (Wildman–Crippen LogP) is 3.88. The Morgan fingerprint density at radius 1 is 1.27 bits per heavy atom. The van der Waals surface area contributed by atoms with Crippen molar-refractivity contribution >= 4 is 28.3 Å². The van der Waals surface area contributed by atoms with Crippen LogP contribution in [-0.4, -0.2) is 23.5 Å². The third kappa shape index (κ3) is 4.94. The summed E-state index contributed by atoms with van der Waals surface area (Å²) < 4.78 is 49.3. The molecule has 0 aliphatic rings. The number of hydrogen-bond donors (Lipinski definition) is 1. The normalized spacial score (nSPS) is 11.1. The molecule has 0 aliphatic heterocycles. The maximum absolute atomic E-state index is 13.0. The fourth-order valence-electron chi connectivity index (χ4n) is 2.00. The first-order valence-corrected chi connectivity index (χ1v) is 8.27.